The predicted molar refractivity (Wildman–Crippen MR) is 97.8 cm³/mol. The molecule has 3 amide bonds. The number of rotatable bonds is 2. The van der Waals surface area contributed by atoms with E-state index in [1.54, 1.807) is 6.20 Å². The van der Waals surface area contributed by atoms with E-state index in [4.69, 9.17) is 0 Å². The van der Waals surface area contributed by atoms with Crippen molar-refractivity contribution in [2.24, 2.45) is 11.3 Å². The van der Waals surface area contributed by atoms with Crippen LogP contribution in [0.3, 0.4) is 0 Å². The highest BCUT2D eigenvalue weighted by molar-refractivity contribution is 5.93. The van der Waals surface area contributed by atoms with Crippen molar-refractivity contribution in [1.82, 2.24) is 25.3 Å². The van der Waals surface area contributed by atoms with Crippen molar-refractivity contribution in [2.45, 2.75) is 45.6 Å². The molecule has 0 bridgehead atoms. The Hall–Kier alpha value is -2.38. The van der Waals surface area contributed by atoms with Gasteiger partial charge in [0.1, 0.15) is 11.7 Å². The topological polar surface area (TPSA) is 98.4 Å². The zero-order valence-corrected chi connectivity index (χ0v) is 16.0. The molecule has 2 atom stereocenters. The lowest BCUT2D eigenvalue weighted by Crippen LogP contribution is -2.48. The Morgan fingerprint density at radius 1 is 1.19 bits per heavy atom. The fourth-order valence-corrected chi connectivity index (χ4v) is 4.72. The number of carbonyl (C=O) groups is 3. The van der Waals surface area contributed by atoms with Crippen molar-refractivity contribution in [3.63, 3.8) is 0 Å². The van der Waals surface area contributed by atoms with Gasteiger partial charge in [0.25, 0.3) is 5.91 Å². The van der Waals surface area contributed by atoms with E-state index in [0.717, 1.165) is 37.9 Å². The van der Waals surface area contributed by atoms with Crippen LogP contribution in [0.2, 0.25) is 0 Å². The van der Waals surface area contributed by atoms with E-state index in [1.807, 2.05) is 23.6 Å². The number of amides is 3. The second kappa shape index (κ2) is 6.65. The fraction of sp³-hybridized carbons (Fsp3) is 0.684. The molecule has 8 heteroatoms. The van der Waals surface area contributed by atoms with E-state index >= 15 is 0 Å². The summed E-state index contributed by atoms with van der Waals surface area (Å²) < 4.78 is 0. The first-order valence-corrected chi connectivity index (χ1v) is 9.76. The molecule has 4 heterocycles. The molecule has 1 spiro atoms. The molecule has 1 aromatic heterocycles. The Bertz CT molecular complexity index is 765. The third-order valence-corrected chi connectivity index (χ3v) is 6.56. The van der Waals surface area contributed by atoms with Crippen molar-refractivity contribution in [1.29, 1.82) is 0 Å². The van der Waals surface area contributed by atoms with E-state index in [-0.39, 0.29) is 35.1 Å². The summed E-state index contributed by atoms with van der Waals surface area (Å²) in [6.07, 6.45) is 4.88. The van der Waals surface area contributed by atoms with Gasteiger partial charge in [-0.1, -0.05) is 6.92 Å². The number of piperidine rings is 1. The maximum absolute atomic E-state index is 12.8. The summed E-state index contributed by atoms with van der Waals surface area (Å²) in [6, 6.07) is -0.377. The molecule has 3 saturated heterocycles. The minimum Gasteiger partial charge on any atom is -0.344 e. The first kappa shape index (κ1) is 18.0. The number of likely N-dealkylation sites (tertiary alicyclic amines) is 2. The fourth-order valence-electron chi connectivity index (χ4n) is 4.72. The molecule has 2 N–H and O–H groups in total. The number of aryl methyl sites for hydroxylation is 1. The number of carbonyl (C=O) groups excluding carboxylic acids is 3. The second-order valence-corrected chi connectivity index (χ2v) is 8.46. The van der Waals surface area contributed by atoms with Crippen LogP contribution in [-0.2, 0) is 9.59 Å². The summed E-state index contributed by atoms with van der Waals surface area (Å²) in [5.74, 6) is 0.0828. The molecule has 146 valence electrons. The van der Waals surface area contributed by atoms with Gasteiger partial charge in [-0.2, -0.15) is 5.10 Å². The molecule has 3 fully saturated rings. The second-order valence-electron chi connectivity index (χ2n) is 8.46. The average Bonchev–Trinajstić information content (AvgIpc) is 3.34. The van der Waals surface area contributed by atoms with Crippen LogP contribution in [0.5, 0.6) is 0 Å². The highest BCUT2D eigenvalue weighted by atomic mass is 16.2. The van der Waals surface area contributed by atoms with Crippen LogP contribution >= 0.6 is 0 Å². The lowest BCUT2D eigenvalue weighted by Gasteiger charge is -2.39. The highest BCUT2D eigenvalue weighted by Crippen LogP contribution is 2.41. The van der Waals surface area contributed by atoms with Crippen LogP contribution < -0.4 is 5.32 Å². The monoisotopic (exact) mass is 373 g/mol. The van der Waals surface area contributed by atoms with Gasteiger partial charge in [-0.05, 0) is 43.1 Å². The molecule has 3 aliphatic heterocycles. The molecular weight excluding hydrogens is 346 g/mol. The van der Waals surface area contributed by atoms with Gasteiger partial charge in [0.05, 0.1) is 6.20 Å². The predicted octanol–water partition coefficient (Wildman–Crippen LogP) is 0.697. The van der Waals surface area contributed by atoms with Gasteiger partial charge in [0.15, 0.2) is 0 Å². The molecule has 8 nitrogen and oxygen atoms in total. The minimum atomic E-state index is -0.377. The summed E-state index contributed by atoms with van der Waals surface area (Å²) >= 11 is 0. The Morgan fingerprint density at radius 2 is 1.85 bits per heavy atom. The van der Waals surface area contributed by atoms with E-state index in [2.05, 4.69) is 15.5 Å². The van der Waals surface area contributed by atoms with Crippen LogP contribution in [0.25, 0.3) is 0 Å². The number of hydrogen-bond acceptors (Lipinski definition) is 4. The average molecular weight is 373 g/mol. The standard InChI is InChI=1S/C19H27N5O3/c1-12-9-14(25)21-15(12)17(26)24-8-5-19(11-24)3-6-23(7-4-19)18(27)16-13(2)10-20-22-16/h10,12,15H,3-9,11H2,1-2H3,(H,20,22)(H,21,25). The Labute approximate surface area is 158 Å². The number of aromatic nitrogens is 2. The van der Waals surface area contributed by atoms with Gasteiger partial charge in [-0.25, -0.2) is 0 Å². The molecule has 0 aliphatic carbocycles. The molecule has 0 radical (unpaired) electrons. The maximum atomic E-state index is 12.8. The summed E-state index contributed by atoms with van der Waals surface area (Å²) in [4.78, 5) is 40.9. The first-order chi connectivity index (χ1) is 12.9. The lowest BCUT2D eigenvalue weighted by molar-refractivity contribution is -0.134. The zero-order valence-electron chi connectivity index (χ0n) is 16.0. The summed E-state index contributed by atoms with van der Waals surface area (Å²) in [6.45, 7) is 6.71. The molecule has 1 aromatic rings. The minimum absolute atomic E-state index is 0.00766. The van der Waals surface area contributed by atoms with E-state index in [0.29, 0.717) is 25.2 Å². The van der Waals surface area contributed by atoms with Crippen LogP contribution in [-0.4, -0.2) is 69.9 Å². The lowest BCUT2D eigenvalue weighted by atomic mass is 9.77. The number of aromatic amines is 1. The number of nitrogens with one attached hydrogen (secondary N) is 2. The third kappa shape index (κ3) is 3.21. The third-order valence-electron chi connectivity index (χ3n) is 6.56. The van der Waals surface area contributed by atoms with Crippen LogP contribution in [0.15, 0.2) is 6.20 Å². The smallest absolute Gasteiger partial charge is 0.272 e. The summed E-state index contributed by atoms with van der Waals surface area (Å²) in [5, 5.41) is 9.56. The van der Waals surface area contributed by atoms with Gasteiger partial charge in [0.2, 0.25) is 11.8 Å². The SMILES string of the molecule is Cc1cn[nH]c1C(=O)N1CCC2(CC1)CCN(C(=O)C1NC(=O)CC1C)C2. The van der Waals surface area contributed by atoms with Crippen LogP contribution in [0.1, 0.15) is 48.7 Å². The molecule has 0 saturated carbocycles. The quantitative estimate of drug-likeness (QED) is 0.797. The van der Waals surface area contributed by atoms with Crippen molar-refractivity contribution >= 4 is 17.7 Å². The van der Waals surface area contributed by atoms with Crippen molar-refractivity contribution in [2.75, 3.05) is 26.2 Å². The largest absolute Gasteiger partial charge is 0.344 e. The van der Waals surface area contributed by atoms with E-state index in [1.165, 1.54) is 0 Å². The van der Waals surface area contributed by atoms with E-state index in [9.17, 15) is 14.4 Å². The maximum Gasteiger partial charge on any atom is 0.272 e. The van der Waals surface area contributed by atoms with Crippen molar-refractivity contribution < 1.29 is 14.4 Å². The van der Waals surface area contributed by atoms with Crippen molar-refractivity contribution in [3.8, 4) is 0 Å². The molecule has 3 aliphatic rings. The van der Waals surface area contributed by atoms with Crippen LogP contribution in [0.4, 0.5) is 0 Å². The van der Waals surface area contributed by atoms with E-state index < -0.39 is 0 Å². The number of H-pyrrole nitrogens is 1. The normalized spacial score (nSPS) is 27.3. The highest BCUT2D eigenvalue weighted by Gasteiger charge is 2.45. The molecule has 4 rings (SSSR count). The van der Waals surface area contributed by atoms with Gasteiger partial charge >= 0.3 is 0 Å². The van der Waals surface area contributed by atoms with Gasteiger partial charge in [-0.3, -0.25) is 19.5 Å². The molecule has 27 heavy (non-hydrogen) atoms. The molecule has 0 aromatic carbocycles. The molecular formula is C19H27N5O3. The Balaban J connectivity index is 1.35. The Kier molecular flexibility index (Phi) is 4.44. The van der Waals surface area contributed by atoms with Crippen molar-refractivity contribution in [3.05, 3.63) is 17.5 Å². The number of nitrogens with zero attached hydrogens (tertiary/aromatic N) is 3. The van der Waals surface area contributed by atoms with Gasteiger partial charge < -0.3 is 15.1 Å². The number of hydrogen-bond donors (Lipinski definition) is 2. The van der Waals surface area contributed by atoms with Gasteiger partial charge in [0, 0.05) is 32.6 Å². The molecule has 2 unspecified atom stereocenters. The Morgan fingerprint density at radius 3 is 2.41 bits per heavy atom. The summed E-state index contributed by atoms with van der Waals surface area (Å²) in [5.41, 5.74) is 1.53. The van der Waals surface area contributed by atoms with Crippen LogP contribution in [0, 0.1) is 18.3 Å². The first-order valence-electron chi connectivity index (χ1n) is 9.76. The van der Waals surface area contributed by atoms with Gasteiger partial charge in [-0.15, -0.1) is 0 Å². The summed E-state index contributed by atoms with van der Waals surface area (Å²) in [7, 11) is 0. The zero-order chi connectivity index (χ0) is 19.2.